The molecule has 2 rings (SSSR count). The minimum atomic E-state index is -0.832. The van der Waals surface area contributed by atoms with E-state index in [0.717, 1.165) is 38.4 Å². The van der Waals surface area contributed by atoms with Crippen molar-refractivity contribution in [2.45, 2.75) is 37.5 Å². The van der Waals surface area contributed by atoms with Crippen LogP contribution in [0.1, 0.15) is 19.8 Å². The Bertz CT molecular complexity index is 491. The van der Waals surface area contributed by atoms with Gasteiger partial charge in [-0.15, -0.1) is 10.2 Å². The van der Waals surface area contributed by atoms with Gasteiger partial charge >= 0.3 is 5.97 Å². The summed E-state index contributed by atoms with van der Waals surface area (Å²) in [4.78, 5) is 15.2. The zero-order valence-corrected chi connectivity index (χ0v) is 13.6. The first-order chi connectivity index (χ1) is 10.0. The molecule has 1 unspecified atom stereocenters. The molecule has 1 aromatic rings. The van der Waals surface area contributed by atoms with Gasteiger partial charge in [0, 0.05) is 25.7 Å². The number of carboxylic acid groups (broad SMARTS) is 1. The van der Waals surface area contributed by atoms with Crippen LogP contribution in [0.3, 0.4) is 0 Å². The van der Waals surface area contributed by atoms with Crippen molar-refractivity contribution in [1.82, 2.24) is 19.7 Å². The van der Waals surface area contributed by atoms with Crippen molar-refractivity contribution in [3.8, 4) is 0 Å². The third-order valence-electron chi connectivity index (χ3n) is 3.65. The third kappa shape index (κ3) is 3.88. The molecule has 0 aliphatic carbocycles. The molecule has 21 heavy (non-hydrogen) atoms. The van der Waals surface area contributed by atoms with Crippen LogP contribution in [0.5, 0.6) is 0 Å². The Labute approximate surface area is 129 Å². The van der Waals surface area contributed by atoms with Crippen LogP contribution in [0.25, 0.3) is 0 Å². The van der Waals surface area contributed by atoms with Gasteiger partial charge in [0.15, 0.2) is 5.16 Å². The van der Waals surface area contributed by atoms with Crippen LogP contribution in [0, 0.1) is 0 Å². The Balaban J connectivity index is 2.14. The first-order valence-corrected chi connectivity index (χ1v) is 8.20. The maximum atomic E-state index is 10.7. The molecule has 1 atom stereocenters. The minimum Gasteiger partial charge on any atom is -0.481 e. The summed E-state index contributed by atoms with van der Waals surface area (Å²) in [6.07, 6.45) is 2.08. The molecule has 1 aromatic heterocycles. The van der Waals surface area contributed by atoms with Crippen LogP contribution in [-0.2, 0) is 11.3 Å². The van der Waals surface area contributed by atoms with Gasteiger partial charge in [0.1, 0.15) is 0 Å². The molecular formula is C13H23N5O2S. The lowest BCUT2D eigenvalue weighted by Gasteiger charge is -2.21. The van der Waals surface area contributed by atoms with E-state index in [4.69, 9.17) is 5.11 Å². The molecule has 118 valence electrons. The van der Waals surface area contributed by atoms with Gasteiger partial charge in [-0.05, 0) is 26.9 Å². The number of carboxylic acids is 1. The van der Waals surface area contributed by atoms with Crippen LogP contribution < -0.4 is 4.90 Å². The number of likely N-dealkylation sites (N-methyl/N-ethyl adjacent to an activating group) is 1. The van der Waals surface area contributed by atoms with Gasteiger partial charge in [0.05, 0.1) is 5.75 Å². The number of hydrogen-bond donors (Lipinski definition) is 1. The molecule has 1 aliphatic heterocycles. The Morgan fingerprint density at radius 2 is 2.24 bits per heavy atom. The van der Waals surface area contributed by atoms with Crippen molar-refractivity contribution in [3.63, 3.8) is 0 Å². The standard InChI is InChI=1S/C13H23N5O2S/c1-4-6-18-12(14-15-13(18)21-9-11(19)20)17-7-5-10(8-17)16(2)3/h10H,4-9H2,1-3H3,(H,19,20). The van der Waals surface area contributed by atoms with Gasteiger partial charge in [0.25, 0.3) is 0 Å². The average molecular weight is 313 g/mol. The maximum absolute atomic E-state index is 10.7. The second-order valence-electron chi connectivity index (χ2n) is 5.47. The lowest BCUT2D eigenvalue weighted by Crippen LogP contribution is -2.32. The van der Waals surface area contributed by atoms with E-state index in [1.54, 1.807) is 0 Å². The zero-order chi connectivity index (χ0) is 15.4. The molecule has 1 N–H and O–H groups in total. The van der Waals surface area contributed by atoms with Gasteiger partial charge < -0.3 is 14.9 Å². The first kappa shape index (κ1) is 16.1. The van der Waals surface area contributed by atoms with Crippen molar-refractivity contribution >= 4 is 23.7 Å². The van der Waals surface area contributed by atoms with Crippen LogP contribution in [0.15, 0.2) is 5.16 Å². The summed E-state index contributed by atoms with van der Waals surface area (Å²) in [5.74, 6) is 0.0536. The molecule has 0 bridgehead atoms. The fourth-order valence-electron chi connectivity index (χ4n) is 2.51. The number of carbonyl (C=O) groups is 1. The van der Waals surface area contributed by atoms with E-state index in [2.05, 4.69) is 41.0 Å². The van der Waals surface area contributed by atoms with Gasteiger partial charge in [-0.1, -0.05) is 18.7 Å². The predicted molar refractivity (Wildman–Crippen MR) is 83.0 cm³/mol. The SMILES string of the molecule is CCCn1c(SCC(=O)O)nnc1N1CCC(N(C)C)C1. The summed E-state index contributed by atoms with van der Waals surface area (Å²) < 4.78 is 2.05. The number of rotatable bonds is 7. The van der Waals surface area contributed by atoms with Crippen LogP contribution in [0.4, 0.5) is 5.95 Å². The summed E-state index contributed by atoms with van der Waals surface area (Å²) in [5.41, 5.74) is 0. The molecule has 0 spiro atoms. The van der Waals surface area contributed by atoms with Crippen molar-refractivity contribution in [2.24, 2.45) is 0 Å². The maximum Gasteiger partial charge on any atom is 0.313 e. The highest BCUT2D eigenvalue weighted by atomic mass is 32.2. The molecule has 1 saturated heterocycles. The van der Waals surface area contributed by atoms with Gasteiger partial charge in [-0.25, -0.2) is 0 Å². The summed E-state index contributed by atoms with van der Waals surface area (Å²) >= 11 is 1.23. The third-order valence-corrected chi connectivity index (χ3v) is 4.60. The highest BCUT2D eigenvalue weighted by Crippen LogP contribution is 2.25. The second-order valence-corrected chi connectivity index (χ2v) is 6.41. The number of thioether (sulfide) groups is 1. The molecule has 0 saturated carbocycles. The molecule has 7 nitrogen and oxygen atoms in total. The molecule has 2 heterocycles. The summed E-state index contributed by atoms with van der Waals surface area (Å²) in [7, 11) is 4.19. The normalized spacial score (nSPS) is 18.7. The van der Waals surface area contributed by atoms with E-state index in [1.807, 2.05) is 4.57 Å². The molecular weight excluding hydrogens is 290 g/mol. The van der Waals surface area contributed by atoms with Crippen LogP contribution >= 0.6 is 11.8 Å². The fraction of sp³-hybridized carbons (Fsp3) is 0.769. The quantitative estimate of drug-likeness (QED) is 0.753. The Morgan fingerprint density at radius 3 is 2.81 bits per heavy atom. The molecule has 8 heteroatoms. The van der Waals surface area contributed by atoms with Gasteiger partial charge in [-0.3, -0.25) is 9.36 Å². The largest absolute Gasteiger partial charge is 0.481 e. The number of aromatic nitrogens is 3. The summed E-state index contributed by atoms with van der Waals surface area (Å²) in [6, 6.07) is 0.534. The fourth-order valence-corrected chi connectivity index (χ4v) is 3.19. The highest BCUT2D eigenvalue weighted by Gasteiger charge is 2.28. The monoisotopic (exact) mass is 313 g/mol. The number of anilines is 1. The average Bonchev–Trinajstić information content (AvgIpc) is 3.03. The first-order valence-electron chi connectivity index (χ1n) is 7.22. The molecule has 0 aromatic carbocycles. The van der Waals surface area contributed by atoms with Crippen LogP contribution in [-0.4, -0.2) is 69.7 Å². The van der Waals surface area contributed by atoms with E-state index in [9.17, 15) is 4.79 Å². The number of hydrogen-bond acceptors (Lipinski definition) is 6. The lowest BCUT2D eigenvalue weighted by molar-refractivity contribution is -0.133. The van der Waals surface area contributed by atoms with E-state index in [1.165, 1.54) is 11.8 Å². The van der Waals surface area contributed by atoms with Crippen molar-refractivity contribution in [1.29, 1.82) is 0 Å². The Morgan fingerprint density at radius 1 is 1.48 bits per heavy atom. The van der Waals surface area contributed by atoms with E-state index < -0.39 is 5.97 Å². The smallest absolute Gasteiger partial charge is 0.313 e. The number of aliphatic carboxylic acids is 1. The molecule has 0 amide bonds. The lowest BCUT2D eigenvalue weighted by atomic mass is 10.2. The highest BCUT2D eigenvalue weighted by molar-refractivity contribution is 7.99. The van der Waals surface area contributed by atoms with Gasteiger partial charge in [0.2, 0.25) is 5.95 Å². The second kappa shape index (κ2) is 7.13. The van der Waals surface area contributed by atoms with Crippen molar-refractivity contribution in [2.75, 3.05) is 37.8 Å². The van der Waals surface area contributed by atoms with E-state index >= 15 is 0 Å². The van der Waals surface area contributed by atoms with Crippen LogP contribution in [0.2, 0.25) is 0 Å². The summed E-state index contributed by atoms with van der Waals surface area (Å²) in [5, 5.41) is 18.0. The zero-order valence-electron chi connectivity index (χ0n) is 12.8. The Hall–Kier alpha value is -1.28. The minimum absolute atomic E-state index is 0.0160. The van der Waals surface area contributed by atoms with Crippen molar-refractivity contribution < 1.29 is 9.90 Å². The predicted octanol–water partition coefficient (Wildman–Crippen LogP) is 1.01. The molecule has 1 fully saturated rings. The van der Waals surface area contributed by atoms with Gasteiger partial charge in [-0.2, -0.15) is 0 Å². The molecule has 0 radical (unpaired) electrons. The van der Waals surface area contributed by atoms with E-state index in [-0.39, 0.29) is 5.75 Å². The van der Waals surface area contributed by atoms with E-state index in [0.29, 0.717) is 11.2 Å². The molecule has 1 aliphatic rings. The summed E-state index contributed by atoms with van der Waals surface area (Å²) in [6.45, 7) is 4.82. The topological polar surface area (TPSA) is 74.5 Å². The van der Waals surface area contributed by atoms with Crippen molar-refractivity contribution in [3.05, 3.63) is 0 Å². The number of nitrogens with zero attached hydrogens (tertiary/aromatic N) is 5. The Kier molecular flexibility index (Phi) is 5.46.